The van der Waals surface area contributed by atoms with Crippen molar-refractivity contribution < 1.29 is 0 Å². The Kier molecular flexibility index (Phi) is 4.10. The third-order valence-electron chi connectivity index (χ3n) is 4.24. The van der Waals surface area contributed by atoms with Gasteiger partial charge in [-0.2, -0.15) is 0 Å². The summed E-state index contributed by atoms with van der Waals surface area (Å²) in [5, 5.41) is 12.9. The van der Waals surface area contributed by atoms with Gasteiger partial charge in [0.25, 0.3) is 0 Å². The van der Waals surface area contributed by atoms with Gasteiger partial charge in [0, 0.05) is 16.3 Å². The van der Waals surface area contributed by atoms with Crippen LogP contribution in [0.3, 0.4) is 0 Å². The molecule has 0 saturated heterocycles. The highest BCUT2D eigenvalue weighted by Gasteiger charge is 2.22. The first-order valence-electron chi connectivity index (χ1n) is 7.48. The van der Waals surface area contributed by atoms with Crippen molar-refractivity contribution in [1.82, 2.24) is 20.2 Å². The second-order valence-electron chi connectivity index (χ2n) is 5.99. The number of aromatic nitrogens is 4. The average molecular weight is 306 g/mol. The minimum Gasteiger partial charge on any atom is -0.399 e. The molecule has 112 valence electrons. The fourth-order valence-electron chi connectivity index (χ4n) is 3.08. The first kappa shape index (κ1) is 14.3. The first-order valence-corrected chi connectivity index (χ1v) is 7.85. The molecule has 0 amide bonds. The second-order valence-corrected chi connectivity index (χ2v) is 6.42. The van der Waals surface area contributed by atoms with Crippen molar-refractivity contribution in [2.24, 2.45) is 5.92 Å². The molecule has 2 aromatic rings. The highest BCUT2D eigenvalue weighted by atomic mass is 35.5. The van der Waals surface area contributed by atoms with Gasteiger partial charge < -0.3 is 5.73 Å². The van der Waals surface area contributed by atoms with Crippen LogP contribution in [0.4, 0.5) is 5.69 Å². The molecule has 0 aliphatic heterocycles. The predicted molar refractivity (Wildman–Crippen MR) is 84.0 cm³/mol. The molecule has 21 heavy (non-hydrogen) atoms. The van der Waals surface area contributed by atoms with Crippen molar-refractivity contribution in [3.8, 4) is 11.4 Å². The summed E-state index contributed by atoms with van der Waals surface area (Å²) in [4.78, 5) is 0. The molecular weight excluding hydrogens is 286 g/mol. The van der Waals surface area contributed by atoms with E-state index in [1.165, 1.54) is 19.3 Å². The third kappa shape index (κ3) is 3.18. The molecule has 1 aromatic heterocycles. The van der Waals surface area contributed by atoms with E-state index in [4.69, 9.17) is 17.3 Å². The summed E-state index contributed by atoms with van der Waals surface area (Å²) >= 11 is 6.09. The van der Waals surface area contributed by atoms with Gasteiger partial charge >= 0.3 is 0 Å². The lowest BCUT2D eigenvalue weighted by Crippen LogP contribution is -2.12. The smallest absolute Gasteiger partial charge is 0.182 e. The topological polar surface area (TPSA) is 69.6 Å². The van der Waals surface area contributed by atoms with Gasteiger partial charge in [0.1, 0.15) is 0 Å². The summed E-state index contributed by atoms with van der Waals surface area (Å²) in [6, 6.07) is 5.82. The average Bonchev–Trinajstić information content (AvgIpc) is 2.81. The number of hydrogen-bond donors (Lipinski definition) is 1. The lowest BCUT2D eigenvalue weighted by Gasteiger charge is -2.16. The molecule has 2 unspecified atom stereocenters. The van der Waals surface area contributed by atoms with E-state index in [9.17, 15) is 0 Å². The zero-order valence-corrected chi connectivity index (χ0v) is 12.9. The SMILES string of the molecule is CC1CCCC(n2nnnc2-c2cc(N)cc(Cl)c2)CC1. The minimum atomic E-state index is 0.361. The van der Waals surface area contributed by atoms with E-state index in [1.807, 2.05) is 16.8 Å². The van der Waals surface area contributed by atoms with Gasteiger partial charge in [0.2, 0.25) is 0 Å². The highest BCUT2D eigenvalue weighted by Crippen LogP contribution is 2.33. The molecule has 6 heteroatoms. The van der Waals surface area contributed by atoms with Crippen LogP contribution < -0.4 is 5.73 Å². The monoisotopic (exact) mass is 305 g/mol. The highest BCUT2D eigenvalue weighted by molar-refractivity contribution is 6.31. The Balaban J connectivity index is 1.93. The largest absolute Gasteiger partial charge is 0.399 e. The number of tetrazole rings is 1. The van der Waals surface area contributed by atoms with Crippen molar-refractivity contribution in [3.63, 3.8) is 0 Å². The molecule has 1 saturated carbocycles. The van der Waals surface area contributed by atoms with Crippen LogP contribution >= 0.6 is 11.6 Å². The zero-order chi connectivity index (χ0) is 14.8. The number of nitrogen functional groups attached to an aromatic ring is 1. The van der Waals surface area contributed by atoms with Gasteiger partial charge in [0.15, 0.2) is 5.82 Å². The van der Waals surface area contributed by atoms with Crippen molar-refractivity contribution in [2.75, 3.05) is 5.73 Å². The Hall–Kier alpha value is -1.62. The molecule has 2 N–H and O–H groups in total. The number of nitrogens with zero attached hydrogens (tertiary/aromatic N) is 4. The molecule has 2 atom stereocenters. The number of halogens is 1. The number of rotatable bonds is 2. The number of hydrogen-bond acceptors (Lipinski definition) is 4. The van der Waals surface area contributed by atoms with E-state index in [2.05, 4.69) is 22.4 Å². The molecule has 0 spiro atoms. The van der Waals surface area contributed by atoms with Gasteiger partial charge in [-0.25, -0.2) is 4.68 Å². The van der Waals surface area contributed by atoms with Gasteiger partial charge in [-0.1, -0.05) is 31.4 Å². The van der Waals surface area contributed by atoms with Gasteiger partial charge in [-0.05, 0) is 53.8 Å². The number of anilines is 1. The Morgan fingerprint density at radius 1 is 1.19 bits per heavy atom. The van der Waals surface area contributed by atoms with E-state index < -0.39 is 0 Å². The standard InChI is InChI=1S/C15H20ClN5/c1-10-3-2-4-14(6-5-10)21-15(18-19-20-21)11-7-12(16)9-13(17)8-11/h7-10,14H,2-6,17H2,1H3. The predicted octanol–water partition coefficient (Wildman–Crippen LogP) is 3.72. The van der Waals surface area contributed by atoms with Crippen molar-refractivity contribution in [3.05, 3.63) is 23.2 Å². The normalized spacial score (nSPS) is 23.0. The van der Waals surface area contributed by atoms with Crippen LogP contribution in [0.25, 0.3) is 11.4 Å². The summed E-state index contributed by atoms with van der Waals surface area (Å²) < 4.78 is 1.95. The Bertz CT molecular complexity index is 604. The van der Waals surface area contributed by atoms with Gasteiger partial charge in [0.05, 0.1) is 6.04 Å². The summed E-state index contributed by atoms with van der Waals surface area (Å²) in [7, 11) is 0. The summed E-state index contributed by atoms with van der Waals surface area (Å²) in [6.07, 6.45) is 5.98. The van der Waals surface area contributed by atoms with Crippen molar-refractivity contribution in [1.29, 1.82) is 0 Å². The maximum Gasteiger partial charge on any atom is 0.182 e. The Morgan fingerprint density at radius 2 is 2.05 bits per heavy atom. The van der Waals surface area contributed by atoms with Gasteiger partial charge in [-0.3, -0.25) is 0 Å². The quantitative estimate of drug-likeness (QED) is 0.678. The van der Waals surface area contributed by atoms with E-state index >= 15 is 0 Å². The second kappa shape index (κ2) is 6.02. The van der Waals surface area contributed by atoms with Crippen LogP contribution in [0.1, 0.15) is 45.1 Å². The van der Waals surface area contributed by atoms with Gasteiger partial charge in [-0.15, -0.1) is 5.10 Å². The molecule has 1 heterocycles. The summed E-state index contributed by atoms with van der Waals surface area (Å²) in [5.41, 5.74) is 7.38. The van der Waals surface area contributed by atoms with Crippen LogP contribution in [-0.2, 0) is 0 Å². The fourth-order valence-corrected chi connectivity index (χ4v) is 3.33. The van der Waals surface area contributed by atoms with E-state index in [1.54, 1.807) is 6.07 Å². The van der Waals surface area contributed by atoms with Crippen LogP contribution in [0.15, 0.2) is 18.2 Å². The van der Waals surface area contributed by atoms with E-state index in [0.29, 0.717) is 16.8 Å². The van der Waals surface area contributed by atoms with E-state index in [-0.39, 0.29) is 0 Å². The maximum atomic E-state index is 6.09. The lowest BCUT2D eigenvalue weighted by molar-refractivity contribution is 0.394. The van der Waals surface area contributed by atoms with E-state index in [0.717, 1.165) is 30.1 Å². The van der Waals surface area contributed by atoms with Crippen LogP contribution in [0, 0.1) is 5.92 Å². The molecule has 3 rings (SSSR count). The fraction of sp³-hybridized carbons (Fsp3) is 0.533. The summed E-state index contributed by atoms with van der Waals surface area (Å²) in [6.45, 7) is 2.32. The zero-order valence-electron chi connectivity index (χ0n) is 12.2. The Morgan fingerprint density at radius 3 is 2.86 bits per heavy atom. The van der Waals surface area contributed by atoms with Crippen LogP contribution in [0.2, 0.25) is 5.02 Å². The van der Waals surface area contributed by atoms with Crippen LogP contribution in [0.5, 0.6) is 0 Å². The Labute approximate surface area is 129 Å². The van der Waals surface area contributed by atoms with Crippen molar-refractivity contribution >= 4 is 17.3 Å². The molecule has 1 aromatic carbocycles. The first-order chi connectivity index (χ1) is 10.1. The molecule has 1 aliphatic carbocycles. The molecule has 1 aliphatic rings. The molecule has 5 nitrogen and oxygen atoms in total. The minimum absolute atomic E-state index is 0.361. The molecule has 0 radical (unpaired) electrons. The van der Waals surface area contributed by atoms with Crippen LogP contribution in [-0.4, -0.2) is 20.2 Å². The van der Waals surface area contributed by atoms with Crippen molar-refractivity contribution in [2.45, 2.75) is 45.1 Å². The number of benzene rings is 1. The maximum absolute atomic E-state index is 6.09. The molecular formula is C15H20ClN5. The summed E-state index contributed by atoms with van der Waals surface area (Å²) in [5.74, 6) is 1.54. The molecule has 1 fully saturated rings. The lowest BCUT2D eigenvalue weighted by atomic mass is 10.0. The third-order valence-corrected chi connectivity index (χ3v) is 4.46. The number of nitrogens with two attached hydrogens (primary N) is 1. The molecule has 0 bridgehead atoms.